The van der Waals surface area contributed by atoms with Gasteiger partial charge in [0.2, 0.25) is 0 Å². The predicted molar refractivity (Wildman–Crippen MR) is 79.5 cm³/mol. The standard InChI is InChI=1S/C15H23N3O/c1-18(2)14-9-8-11(16)10-13(14)15(19)17-12-6-4-3-5-7-12/h8-10,12H,3-7,16H2,1-2H3,(H,17,19). The predicted octanol–water partition coefficient (Wildman–Crippen LogP) is 2.40. The van der Waals surface area contributed by atoms with Gasteiger partial charge in [0.15, 0.2) is 0 Å². The quantitative estimate of drug-likeness (QED) is 0.821. The Morgan fingerprint density at radius 1 is 1.26 bits per heavy atom. The van der Waals surface area contributed by atoms with E-state index in [1.165, 1.54) is 19.3 Å². The molecule has 4 nitrogen and oxygen atoms in total. The molecule has 3 N–H and O–H groups in total. The molecule has 0 bridgehead atoms. The van der Waals surface area contributed by atoms with Gasteiger partial charge in [-0.1, -0.05) is 19.3 Å². The van der Waals surface area contributed by atoms with E-state index in [1.54, 1.807) is 6.07 Å². The van der Waals surface area contributed by atoms with Gasteiger partial charge >= 0.3 is 0 Å². The number of hydrogen-bond acceptors (Lipinski definition) is 3. The monoisotopic (exact) mass is 261 g/mol. The van der Waals surface area contributed by atoms with Crippen LogP contribution in [0.25, 0.3) is 0 Å². The lowest BCUT2D eigenvalue weighted by Gasteiger charge is -2.24. The molecular formula is C15H23N3O. The van der Waals surface area contributed by atoms with E-state index >= 15 is 0 Å². The number of carbonyl (C=O) groups excluding carboxylic acids is 1. The second-order valence-corrected chi connectivity index (χ2v) is 5.48. The first-order valence-electron chi connectivity index (χ1n) is 6.95. The zero-order chi connectivity index (χ0) is 13.8. The number of amides is 1. The first-order chi connectivity index (χ1) is 9.08. The van der Waals surface area contributed by atoms with E-state index in [0.29, 0.717) is 17.3 Å². The Balaban J connectivity index is 2.15. The Morgan fingerprint density at radius 2 is 1.95 bits per heavy atom. The van der Waals surface area contributed by atoms with Crippen LogP contribution in [0.15, 0.2) is 18.2 Å². The van der Waals surface area contributed by atoms with Crippen molar-refractivity contribution in [3.8, 4) is 0 Å². The van der Waals surface area contributed by atoms with E-state index < -0.39 is 0 Å². The number of anilines is 2. The van der Waals surface area contributed by atoms with Gasteiger partial charge in [0, 0.05) is 31.5 Å². The molecule has 1 aromatic rings. The average Bonchev–Trinajstić information content (AvgIpc) is 2.39. The van der Waals surface area contributed by atoms with Gasteiger partial charge in [0.1, 0.15) is 0 Å². The van der Waals surface area contributed by atoms with Crippen molar-refractivity contribution >= 4 is 17.3 Å². The molecule has 0 heterocycles. The van der Waals surface area contributed by atoms with Crippen molar-refractivity contribution in [3.05, 3.63) is 23.8 Å². The topological polar surface area (TPSA) is 58.4 Å². The van der Waals surface area contributed by atoms with Gasteiger partial charge in [-0.3, -0.25) is 4.79 Å². The summed E-state index contributed by atoms with van der Waals surface area (Å²) in [6.45, 7) is 0. The molecule has 4 heteroatoms. The summed E-state index contributed by atoms with van der Waals surface area (Å²) in [4.78, 5) is 14.3. The summed E-state index contributed by atoms with van der Waals surface area (Å²) >= 11 is 0. The highest BCUT2D eigenvalue weighted by molar-refractivity contribution is 6.00. The first kappa shape index (κ1) is 13.7. The third-order valence-corrected chi connectivity index (χ3v) is 3.69. The number of nitrogens with two attached hydrogens (primary N) is 1. The van der Waals surface area contributed by atoms with Gasteiger partial charge in [-0.15, -0.1) is 0 Å². The normalized spacial score (nSPS) is 16.1. The lowest BCUT2D eigenvalue weighted by Crippen LogP contribution is -2.36. The summed E-state index contributed by atoms with van der Waals surface area (Å²) in [5, 5.41) is 3.14. The SMILES string of the molecule is CN(C)c1ccc(N)cc1C(=O)NC1CCCCC1. The van der Waals surface area contributed by atoms with E-state index in [0.717, 1.165) is 18.5 Å². The van der Waals surface area contributed by atoms with E-state index in [-0.39, 0.29) is 5.91 Å². The molecule has 1 fully saturated rings. The molecular weight excluding hydrogens is 238 g/mol. The second kappa shape index (κ2) is 5.95. The summed E-state index contributed by atoms with van der Waals surface area (Å²) in [5.74, 6) is -0.0112. The third-order valence-electron chi connectivity index (χ3n) is 3.69. The number of benzene rings is 1. The van der Waals surface area contributed by atoms with Crippen LogP contribution in [0.2, 0.25) is 0 Å². The smallest absolute Gasteiger partial charge is 0.253 e. The van der Waals surface area contributed by atoms with Gasteiger partial charge in [-0.2, -0.15) is 0 Å². The van der Waals surface area contributed by atoms with Crippen LogP contribution in [0.4, 0.5) is 11.4 Å². The maximum Gasteiger partial charge on any atom is 0.253 e. The van der Waals surface area contributed by atoms with Crippen molar-refractivity contribution in [1.29, 1.82) is 0 Å². The van der Waals surface area contributed by atoms with Crippen LogP contribution < -0.4 is 16.0 Å². The molecule has 1 aromatic carbocycles. The van der Waals surface area contributed by atoms with Crippen molar-refractivity contribution in [2.24, 2.45) is 0 Å². The minimum Gasteiger partial charge on any atom is -0.399 e. The molecule has 0 saturated heterocycles. The number of nitrogens with one attached hydrogen (secondary N) is 1. The number of hydrogen-bond donors (Lipinski definition) is 2. The Labute approximate surface area is 115 Å². The fourth-order valence-electron chi connectivity index (χ4n) is 2.64. The van der Waals surface area contributed by atoms with Crippen molar-refractivity contribution in [2.45, 2.75) is 38.1 Å². The van der Waals surface area contributed by atoms with Gasteiger partial charge in [0.25, 0.3) is 5.91 Å². The van der Waals surface area contributed by atoms with Crippen LogP contribution in [0.3, 0.4) is 0 Å². The molecule has 0 atom stereocenters. The molecule has 104 valence electrons. The van der Waals surface area contributed by atoms with Crippen molar-refractivity contribution in [3.63, 3.8) is 0 Å². The van der Waals surface area contributed by atoms with E-state index in [1.807, 2.05) is 31.1 Å². The zero-order valence-electron chi connectivity index (χ0n) is 11.8. The molecule has 0 aliphatic heterocycles. The highest BCUT2D eigenvalue weighted by Gasteiger charge is 2.19. The highest BCUT2D eigenvalue weighted by Crippen LogP contribution is 2.23. The number of nitrogen functional groups attached to an aromatic ring is 1. The first-order valence-corrected chi connectivity index (χ1v) is 6.95. The minimum atomic E-state index is -0.0112. The zero-order valence-corrected chi connectivity index (χ0v) is 11.8. The average molecular weight is 261 g/mol. The molecule has 1 amide bonds. The van der Waals surface area contributed by atoms with Crippen molar-refractivity contribution in [1.82, 2.24) is 5.32 Å². The van der Waals surface area contributed by atoms with Gasteiger partial charge in [-0.05, 0) is 31.0 Å². The Hall–Kier alpha value is -1.71. The largest absolute Gasteiger partial charge is 0.399 e. The molecule has 0 spiro atoms. The summed E-state index contributed by atoms with van der Waals surface area (Å²) in [6, 6.07) is 5.79. The van der Waals surface area contributed by atoms with Crippen LogP contribution in [-0.2, 0) is 0 Å². The van der Waals surface area contributed by atoms with E-state index in [2.05, 4.69) is 5.32 Å². The number of rotatable bonds is 3. The Kier molecular flexibility index (Phi) is 4.30. The summed E-state index contributed by atoms with van der Waals surface area (Å²) in [7, 11) is 3.87. The number of carbonyl (C=O) groups is 1. The van der Waals surface area contributed by atoms with Gasteiger partial charge < -0.3 is 16.0 Å². The number of nitrogens with zero attached hydrogens (tertiary/aromatic N) is 1. The molecule has 0 aromatic heterocycles. The molecule has 0 unspecified atom stereocenters. The Bertz CT molecular complexity index is 451. The third kappa shape index (κ3) is 3.40. The summed E-state index contributed by atoms with van der Waals surface area (Å²) < 4.78 is 0. The van der Waals surface area contributed by atoms with Crippen LogP contribution in [0.1, 0.15) is 42.5 Å². The molecule has 1 saturated carbocycles. The second-order valence-electron chi connectivity index (χ2n) is 5.48. The summed E-state index contributed by atoms with van der Waals surface area (Å²) in [5.41, 5.74) is 7.99. The van der Waals surface area contributed by atoms with E-state index in [4.69, 9.17) is 5.73 Å². The van der Waals surface area contributed by atoms with Gasteiger partial charge in [0.05, 0.1) is 5.56 Å². The van der Waals surface area contributed by atoms with E-state index in [9.17, 15) is 4.79 Å². The maximum absolute atomic E-state index is 12.4. The maximum atomic E-state index is 12.4. The molecule has 0 radical (unpaired) electrons. The summed E-state index contributed by atoms with van der Waals surface area (Å²) in [6.07, 6.45) is 5.88. The lowest BCUT2D eigenvalue weighted by atomic mass is 9.95. The molecule has 2 rings (SSSR count). The fourth-order valence-corrected chi connectivity index (χ4v) is 2.64. The van der Waals surface area contributed by atoms with Crippen LogP contribution in [0.5, 0.6) is 0 Å². The lowest BCUT2D eigenvalue weighted by molar-refractivity contribution is 0.0928. The molecule has 1 aliphatic rings. The van der Waals surface area contributed by atoms with Crippen molar-refractivity contribution in [2.75, 3.05) is 24.7 Å². The van der Waals surface area contributed by atoms with Crippen molar-refractivity contribution < 1.29 is 4.79 Å². The Morgan fingerprint density at radius 3 is 2.58 bits per heavy atom. The van der Waals surface area contributed by atoms with Crippen LogP contribution in [0, 0.1) is 0 Å². The van der Waals surface area contributed by atoms with Crippen LogP contribution >= 0.6 is 0 Å². The molecule has 1 aliphatic carbocycles. The minimum absolute atomic E-state index is 0.0112. The molecule has 19 heavy (non-hydrogen) atoms. The highest BCUT2D eigenvalue weighted by atomic mass is 16.1. The van der Waals surface area contributed by atoms with Gasteiger partial charge in [-0.25, -0.2) is 0 Å². The fraction of sp³-hybridized carbons (Fsp3) is 0.533. The van der Waals surface area contributed by atoms with Crippen LogP contribution in [-0.4, -0.2) is 26.0 Å².